The van der Waals surface area contributed by atoms with Gasteiger partial charge in [-0.3, -0.25) is 4.79 Å². The quantitative estimate of drug-likeness (QED) is 0.203. The third kappa shape index (κ3) is 10.6. The number of hydrogen-bond donors (Lipinski definition) is 2. The van der Waals surface area contributed by atoms with Crippen molar-refractivity contribution in [2.24, 2.45) is 41.2 Å². The SMILES string of the molecule is NCC[C@@H]1[C@@H](CC(=O)O)[C@@H](Cc2ccccc2)C=C[C@@H]1C[C@@H](CC=CCCC1CCCCC1)CCc1ccccc1. The van der Waals surface area contributed by atoms with Gasteiger partial charge in [-0.1, -0.05) is 117 Å². The lowest BCUT2D eigenvalue weighted by Crippen LogP contribution is -2.36. The monoisotopic (exact) mass is 555 g/mol. The second-order valence-electron chi connectivity index (χ2n) is 12.8. The summed E-state index contributed by atoms with van der Waals surface area (Å²) in [6.45, 7) is 0.610. The van der Waals surface area contributed by atoms with Crippen LogP contribution in [-0.2, 0) is 17.6 Å². The minimum atomic E-state index is -0.689. The zero-order chi connectivity index (χ0) is 28.7. The smallest absolute Gasteiger partial charge is 0.303 e. The first-order chi connectivity index (χ1) is 20.1. The number of aliphatic carboxylic acids is 1. The number of carbonyl (C=O) groups is 1. The first-order valence-corrected chi connectivity index (χ1v) is 16.5. The predicted molar refractivity (Wildman–Crippen MR) is 172 cm³/mol. The van der Waals surface area contributed by atoms with Gasteiger partial charge in [0.1, 0.15) is 0 Å². The molecule has 2 aromatic carbocycles. The fraction of sp³-hybridized carbons (Fsp3) is 0.553. The highest BCUT2D eigenvalue weighted by molar-refractivity contribution is 5.67. The van der Waals surface area contributed by atoms with E-state index in [1.54, 1.807) is 0 Å². The Morgan fingerprint density at radius 1 is 0.854 bits per heavy atom. The topological polar surface area (TPSA) is 63.3 Å². The lowest BCUT2D eigenvalue weighted by atomic mass is 9.64. The summed E-state index contributed by atoms with van der Waals surface area (Å²) in [5.74, 6) is 1.87. The molecule has 3 N–H and O–H groups in total. The molecule has 0 radical (unpaired) electrons. The number of carboxylic acid groups (broad SMARTS) is 1. The number of benzene rings is 2. The van der Waals surface area contributed by atoms with E-state index < -0.39 is 5.97 Å². The Morgan fingerprint density at radius 3 is 2.22 bits per heavy atom. The predicted octanol–water partition coefficient (Wildman–Crippen LogP) is 9.03. The van der Waals surface area contributed by atoms with E-state index in [1.165, 1.54) is 56.1 Å². The highest BCUT2D eigenvalue weighted by Crippen LogP contribution is 2.43. The maximum atomic E-state index is 12.1. The molecule has 5 atom stereocenters. The second kappa shape index (κ2) is 17.3. The molecule has 41 heavy (non-hydrogen) atoms. The molecule has 0 amide bonds. The average molecular weight is 556 g/mol. The lowest BCUT2D eigenvalue weighted by molar-refractivity contribution is -0.139. The molecule has 2 aliphatic rings. The molecule has 3 heteroatoms. The van der Waals surface area contributed by atoms with Crippen molar-refractivity contribution in [3.63, 3.8) is 0 Å². The van der Waals surface area contributed by atoms with Crippen LogP contribution in [0.2, 0.25) is 0 Å². The van der Waals surface area contributed by atoms with Gasteiger partial charge in [-0.2, -0.15) is 0 Å². The Hall–Kier alpha value is -2.65. The molecule has 222 valence electrons. The summed E-state index contributed by atoms with van der Waals surface area (Å²) in [5, 5.41) is 9.91. The molecule has 0 unspecified atom stereocenters. The van der Waals surface area contributed by atoms with Crippen molar-refractivity contribution in [2.75, 3.05) is 6.54 Å². The van der Waals surface area contributed by atoms with Crippen LogP contribution in [0, 0.1) is 35.5 Å². The standard InChI is InChI=1S/C38H53NO2/c39-26-25-36-34(23-24-35(37(36)29-38(40)41)27-32-18-10-4-11-19-32)28-33(22-21-31-16-8-2-9-17-31)20-12-3-7-15-30-13-5-1-6-14-30/h2-4,8-12,16-19,23-24,30,33-37H,1,5-7,13-15,20-22,25-29,39H2,(H,40,41)/t33-,34+,35+,36-,37-/m0/s1. The number of carboxylic acids is 1. The van der Waals surface area contributed by atoms with E-state index in [-0.39, 0.29) is 18.3 Å². The van der Waals surface area contributed by atoms with Crippen LogP contribution in [-0.4, -0.2) is 17.6 Å². The van der Waals surface area contributed by atoms with Gasteiger partial charge in [-0.05, 0) is 105 Å². The Balaban J connectivity index is 1.45. The summed E-state index contributed by atoms with van der Waals surface area (Å²) in [6, 6.07) is 21.4. The van der Waals surface area contributed by atoms with Crippen LogP contribution in [0.5, 0.6) is 0 Å². The number of aryl methyl sites for hydroxylation is 1. The van der Waals surface area contributed by atoms with E-state index in [9.17, 15) is 9.90 Å². The summed E-state index contributed by atoms with van der Waals surface area (Å²) in [4.78, 5) is 12.1. The van der Waals surface area contributed by atoms with Crippen molar-refractivity contribution >= 4 is 5.97 Å². The van der Waals surface area contributed by atoms with E-state index in [0.717, 1.165) is 44.4 Å². The Labute approximate surface area is 249 Å². The maximum absolute atomic E-state index is 12.1. The molecule has 0 saturated heterocycles. The fourth-order valence-electron chi connectivity index (χ4n) is 7.64. The Bertz CT molecular complexity index is 1060. The molecular formula is C38H53NO2. The summed E-state index contributed by atoms with van der Waals surface area (Å²) in [6.07, 6.45) is 25.8. The van der Waals surface area contributed by atoms with Crippen molar-refractivity contribution in [2.45, 2.75) is 89.9 Å². The van der Waals surface area contributed by atoms with Gasteiger partial charge in [-0.25, -0.2) is 0 Å². The van der Waals surface area contributed by atoms with Gasteiger partial charge < -0.3 is 10.8 Å². The molecule has 0 aliphatic heterocycles. The van der Waals surface area contributed by atoms with Crippen molar-refractivity contribution in [3.05, 3.63) is 96.1 Å². The maximum Gasteiger partial charge on any atom is 0.303 e. The van der Waals surface area contributed by atoms with Gasteiger partial charge in [-0.15, -0.1) is 0 Å². The third-order valence-electron chi connectivity index (χ3n) is 9.87. The summed E-state index contributed by atoms with van der Waals surface area (Å²) >= 11 is 0. The normalized spacial score (nSPS) is 24.0. The zero-order valence-electron chi connectivity index (χ0n) is 25.1. The average Bonchev–Trinajstić information content (AvgIpc) is 2.99. The van der Waals surface area contributed by atoms with E-state index in [0.29, 0.717) is 24.3 Å². The van der Waals surface area contributed by atoms with Gasteiger partial charge in [0.2, 0.25) is 0 Å². The first kappa shape index (κ1) is 31.3. The van der Waals surface area contributed by atoms with Crippen LogP contribution < -0.4 is 5.73 Å². The van der Waals surface area contributed by atoms with E-state index in [2.05, 4.69) is 78.9 Å². The molecule has 0 spiro atoms. The number of allylic oxidation sites excluding steroid dienone is 4. The third-order valence-corrected chi connectivity index (χ3v) is 9.87. The minimum absolute atomic E-state index is 0.118. The van der Waals surface area contributed by atoms with E-state index in [1.807, 2.05) is 6.07 Å². The van der Waals surface area contributed by atoms with Gasteiger partial charge in [0.25, 0.3) is 0 Å². The van der Waals surface area contributed by atoms with Gasteiger partial charge in [0.05, 0.1) is 0 Å². The molecule has 0 aromatic heterocycles. The molecule has 4 rings (SSSR count). The van der Waals surface area contributed by atoms with Crippen LogP contribution in [0.3, 0.4) is 0 Å². The molecule has 1 fully saturated rings. The van der Waals surface area contributed by atoms with E-state index in [4.69, 9.17) is 5.73 Å². The van der Waals surface area contributed by atoms with Gasteiger partial charge >= 0.3 is 5.97 Å². The lowest BCUT2D eigenvalue weighted by Gasteiger charge is -2.40. The zero-order valence-corrected chi connectivity index (χ0v) is 25.1. The van der Waals surface area contributed by atoms with Crippen LogP contribution in [0.25, 0.3) is 0 Å². The van der Waals surface area contributed by atoms with Crippen LogP contribution in [0.1, 0.15) is 88.2 Å². The molecule has 0 heterocycles. The number of hydrogen-bond acceptors (Lipinski definition) is 2. The van der Waals surface area contributed by atoms with Crippen LogP contribution in [0.4, 0.5) is 0 Å². The number of nitrogens with two attached hydrogens (primary N) is 1. The number of rotatable bonds is 16. The molecule has 1 saturated carbocycles. The van der Waals surface area contributed by atoms with Crippen LogP contribution in [0.15, 0.2) is 85.0 Å². The summed E-state index contributed by atoms with van der Waals surface area (Å²) < 4.78 is 0. The molecular weight excluding hydrogens is 502 g/mol. The minimum Gasteiger partial charge on any atom is -0.481 e. The summed E-state index contributed by atoms with van der Waals surface area (Å²) in [5.41, 5.74) is 8.86. The highest BCUT2D eigenvalue weighted by atomic mass is 16.4. The molecule has 2 aliphatic carbocycles. The molecule has 0 bridgehead atoms. The van der Waals surface area contributed by atoms with Gasteiger partial charge in [0, 0.05) is 6.42 Å². The van der Waals surface area contributed by atoms with Crippen molar-refractivity contribution in [1.29, 1.82) is 0 Å². The first-order valence-electron chi connectivity index (χ1n) is 16.5. The Morgan fingerprint density at radius 2 is 1.54 bits per heavy atom. The molecule has 2 aromatic rings. The summed E-state index contributed by atoms with van der Waals surface area (Å²) in [7, 11) is 0. The second-order valence-corrected chi connectivity index (χ2v) is 12.8. The van der Waals surface area contributed by atoms with Crippen molar-refractivity contribution in [3.8, 4) is 0 Å². The van der Waals surface area contributed by atoms with Gasteiger partial charge in [0.15, 0.2) is 0 Å². The fourth-order valence-corrected chi connectivity index (χ4v) is 7.64. The highest BCUT2D eigenvalue weighted by Gasteiger charge is 2.37. The largest absolute Gasteiger partial charge is 0.481 e. The molecule has 3 nitrogen and oxygen atoms in total. The Kier molecular flexibility index (Phi) is 13.2. The van der Waals surface area contributed by atoms with Crippen molar-refractivity contribution in [1.82, 2.24) is 0 Å². The van der Waals surface area contributed by atoms with E-state index >= 15 is 0 Å². The van der Waals surface area contributed by atoms with Crippen LogP contribution >= 0.6 is 0 Å². The van der Waals surface area contributed by atoms with Crippen molar-refractivity contribution < 1.29 is 9.90 Å².